The predicted molar refractivity (Wildman–Crippen MR) is 66.9 cm³/mol. The number of amides is 2. The van der Waals surface area contributed by atoms with E-state index in [-0.39, 0.29) is 18.0 Å². The van der Waals surface area contributed by atoms with Gasteiger partial charge in [-0.2, -0.15) is 0 Å². The van der Waals surface area contributed by atoms with Crippen LogP contribution in [0.25, 0.3) is 0 Å². The van der Waals surface area contributed by atoms with Crippen LogP contribution in [0.15, 0.2) is 18.2 Å². The molecule has 0 aliphatic carbocycles. The third-order valence-electron chi connectivity index (χ3n) is 2.04. The zero-order chi connectivity index (χ0) is 12.8. The molecule has 0 unspecified atom stereocenters. The number of anilines is 1. The van der Waals surface area contributed by atoms with Crippen LogP contribution >= 0.6 is 11.6 Å². The van der Waals surface area contributed by atoms with Gasteiger partial charge in [-0.05, 0) is 25.1 Å². The van der Waals surface area contributed by atoms with Crippen LogP contribution in [0.1, 0.15) is 17.3 Å². The van der Waals surface area contributed by atoms with Crippen molar-refractivity contribution in [3.8, 4) is 0 Å². The average Bonchev–Trinajstić information content (AvgIpc) is 2.29. The van der Waals surface area contributed by atoms with E-state index in [0.29, 0.717) is 17.3 Å². The number of benzene rings is 1. The fourth-order valence-electron chi connectivity index (χ4n) is 1.24. The molecular formula is C11H14ClN3O2. The van der Waals surface area contributed by atoms with Crippen LogP contribution in [0, 0.1) is 0 Å². The fourth-order valence-corrected chi connectivity index (χ4v) is 1.41. The third-order valence-corrected chi connectivity index (χ3v) is 2.28. The lowest BCUT2D eigenvalue weighted by Crippen LogP contribution is -2.36. The highest BCUT2D eigenvalue weighted by Gasteiger charge is 2.11. The summed E-state index contributed by atoms with van der Waals surface area (Å²) in [6, 6.07) is 4.60. The Kier molecular flexibility index (Phi) is 4.78. The summed E-state index contributed by atoms with van der Waals surface area (Å²) < 4.78 is 0. The zero-order valence-corrected chi connectivity index (χ0v) is 10.2. The molecule has 0 radical (unpaired) electrons. The van der Waals surface area contributed by atoms with Crippen molar-refractivity contribution in [2.75, 3.05) is 18.8 Å². The van der Waals surface area contributed by atoms with Gasteiger partial charge in [-0.25, -0.2) is 0 Å². The quantitative estimate of drug-likeness (QED) is 0.696. The van der Waals surface area contributed by atoms with Crippen molar-refractivity contribution >= 4 is 29.1 Å². The SMILES string of the molecule is CCNC(=O)CNC(=O)c1cc(Cl)ccc1N. The van der Waals surface area contributed by atoms with E-state index < -0.39 is 5.91 Å². The predicted octanol–water partition coefficient (Wildman–Crippen LogP) is 0.788. The molecule has 4 N–H and O–H groups in total. The molecule has 0 aromatic heterocycles. The van der Waals surface area contributed by atoms with E-state index in [4.69, 9.17) is 17.3 Å². The van der Waals surface area contributed by atoms with Crippen molar-refractivity contribution in [3.63, 3.8) is 0 Å². The first-order valence-corrected chi connectivity index (χ1v) is 5.52. The summed E-state index contributed by atoms with van der Waals surface area (Å²) in [6.45, 7) is 2.24. The molecule has 0 fully saturated rings. The van der Waals surface area contributed by atoms with Gasteiger partial charge in [0.05, 0.1) is 12.1 Å². The number of nitrogen functional groups attached to an aromatic ring is 1. The number of hydrogen-bond donors (Lipinski definition) is 3. The van der Waals surface area contributed by atoms with Crippen LogP contribution < -0.4 is 16.4 Å². The van der Waals surface area contributed by atoms with E-state index in [9.17, 15) is 9.59 Å². The summed E-state index contributed by atoms with van der Waals surface area (Å²) in [5, 5.41) is 5.45. The Morgan fingerprint density at radius 1 is 1.35 bits per heavy atom. The number of carbonyl (C=O) groups is 2. The van der Waals surface area contributed by atoms with Crippen LogP contribution in [0.3, 0.4) is 0 Å². The number of hydrogen-bond acceptors (Lipinski definition) is 3. The maximum atomic E-state index is 11.7. The van der Waals surface area contributed by atoms with Crippen LogP contribution in [0.4, 0.5) is 5.69 Å². The number of rotatable bonds is 4. The van der Waals surface area contributed by atoms with E-state index in [0.717, 1.165) is 0 Å². The fraction of sp³-hybridized carbons (Fsp3) is 0.273. The minimum atomic E-state index is -0.420. The highest BCUT2D eigenvalue weighted by molar-refractivity contribution is 6.31. The minimum absolute atomic E-state index is 0.0847. The van der Waals surface area contributed by atoms with Crippen molar-refractivity contribution < 1.29 is 9.59 Å². The molecule has 1 aromatic rings. The number of likely N-dealkylation sites (N-methyl/N-ethyl adjacent to an activating group) is 1. The van der Waals surface area contributed by atoms with E-state index in [1.807, 2.05) is 0 Å². The molecule has 0 bridgehead atoms. The Bertz CT molecular complexity index is 435. The van der Waals surface area contributed by atoms with Crippen LogP contribution in [-0.4, -0.2) is 24.9 Å². The smallest absolute Gasteiger partial charge is 0.253 e. The molecule has 0 aliphatic heterocycles. The zero-order valence-electron chi connectivity index (χ0n) is 9.42. The van der Waals surface area contributed by atoms with Gasteiger partial charge in [0, 0.05) is 17.3 Å². The van der Waals surface area contributed by atoms with Crippen LogP contribution in [0.5, 0.6) is 0 Å². The molecule has 0 aliphatic rings. The maximum Gasteiger partial charge on any atom is 0.253 e. The summed E-state index contributed by atoms with van der Waals surface area (Å²) in [5.41, 5.74) is 6.22. The van der Waals surface area contributed by atoms with E-state index in [1.165, 1.54) is 6.07 Å². The van der Waals surface area contributed by atoms with Gasteiger partial charge in [0.15, 0.2) is 0 Å². The molecule has 5 nitrogen and oxygen atoms in total. The Labute approximate surface area is 104 Å². The van der Waals surface area contributed by atoms with Gasteiger partial charge in [0.2, 0.25) is 5.91 Å². The normalized spacial score (nSPS) is 9.76. The Morgan fingerprint density at radius 3 is 2.71 bits per heavy atom. The van der Waals surface area contributed by atoms with Crippen molar-refractivity contribution in [3.05, 3.63) is 28.8 Å². The van der Waals surface area contributed by atoms with E-state index in [1.54, 1.807) is 19.1 Å². The lowest BCUT2D eigenvalue weighted by molar-refractivity contribution is -0.120. The lowest BCUT2D eigenvalue weighted by atomic mass is 10.1. The molecule has 17 heavy (non-hydrogen) atoms. The molecule has 0 atom stereocenters. The molecule has 0 saturated heterocycles. The first kappa shape index (κ1) is 13.3. The van der Waals surface area contributed by atoms with Crippen molar-refractivity contribution in [2.45, 2.75) is 6.92 Å². The minimum Gasteiger partial charge on any atom is -0.398 e. The summed E-state index contributed by atoms with van der Waals surface area (Å²) in [5.74, 6) is -0.669. The van der Waals surface area contributed by atoms with E-state index in [2.05, 4.69) is 10.6 Å². The van der Waals surface area contributed by atoms with Gasteiger partial charge >= 0.3 is 0 Å². The standard InChI is InChI=1S/C11H14ClN3O2/c1-2-14-10(16)6-15-11(17)8-5-7(12)3-4-9(8)13/h3-5H,2,6,13H2,1H3,(H,14,16)(H,15,17). The molecule has 1 aromatic carbocycles. The number of carbonyl (C=O) groups excluding carboxylic acids is 2. The summed E-state index contributed by atoms with van der Waals surface area (Å²) in [7, 11) is 0. The van der Waals surface area contributed by atoms with Crippen LogP contribution in [-0.2, 0) is 4.79 Å². The Hall–Kier alpha value is -1.75. The number of nitrogens with one attached hydrogen (secondary N) is 2. The number of nitrogens with two attached hydrogens (primary N) is 1. The average molecular weight is 256 g/mol. The second kappa shape index (κ2) is 6.10. The summed E-state index contributed by atoms with van der Waals surface area (Å²) >= 11 is 5.76. The van der Waals surface area contributed by atoms with Gasteiger partial charge < -0.3 is 16.4 Å². The largest absolute Gasteiger partial charge is 0.398 e. The summed E-state index contributed by atoms with van der Waals surface area (Å²) in [6.07, 6.45) is 0. The molecular weight excluding hydrogens is 242 g/mol. The second-order valence-electron chi connectivity index (χ2n) is 3.37. The Morgan fingerprint density at radius 2 is 2.06 bits per heavy atom. The first-order chi connectivity index (χ1) is 8.04. The highest BCUT2D eigenvalue weighted by atomic mass is 35.5. The third kappa shape index (κ3) is 3.96. The molecule has 0 heterocycles. The molecule has 0 saturated carbocycles. The highest BCUT2D eigenvalue weighted by Crippen LogP contribution is 2.17. The van der Waals surface area contributed by atoms with Gasteiger partial charge in [-0.3, -0.25) is 9.59 Å². The lowest BCUT2D eigenvalue weighted by Gasteiger charge is -2.07. The maximum absolute atomic E-state index is 11.7. The van der Waals surface area contributed by atoms with Crippen molar-refractivity contribution in [1.82, 2.24) is 10.6 Å². The van der Waals surface area contributed by atoms with Crippen LogP contribution in [0.2, 0.25) is 5.02 Å². The monoisotopic (exact) mass is 255 g/mol. The molecule has 0 spiro atoms. The second-order valence-corrected chi connectivity index (χ2v) is 3.80. The van der Waals surface area contributed by atoms with Gasteiger partial charge in [0.25, 0.3) is 5.91 Å². The Balaban J connectivity index is 2.64. The molecule has 1 rings (SSSR count). The van der Waals surface area contributed by atoms with Crippen molar-refractivity contribution in [1.29, 1.82) is 0 Å². The van der Waals surface area contributed by atoms with Gasteiger partial charge in [-0.1, -0.05) is 11.6 Å². The van der Waals surface area contributed by atoms with Gasteiger partial charge in [0.1, 0.15) is 0 Å². The topological polar surface area (TPSA) is 84.2 Å². The number of halogens is 1. The first-order valence-electron chi connectivity index (χ1n) is 5.14. The van der Waals surface area contributed by atoms with Gasteiger partial charge in [-0.15, -0.1) is 0 Å². The molecule has 92 valence electrons. The van der Waals surface area contributed by atoms with Crippen molar-refractivity contribution in [2.24, 2.45) is 0 Å². The molecule has 2 amide bonds. The summed E-state index contributed by atoms with van der Waals surface area (Å²) in [4.78, 5) is 22.8. The molecule has 6 heteroatoms. The van der Waals surface area contributed by atoms with E-state index >= 15 is 0 Å².